The largest absolute Gasteiger partial charge is 0.465 e. The molecule has 23 heavy (non-hydrogen) atoms. The summed E-state index contributed by atoms with van der Waals surface area (Å²) in [5.41, 5.74) is -0.766. The Hall–Kier alpha value is -2.56. The second kappa shape index (κ2) is 5.91. The minimum Gasteiger partial charge on any atom is -0.465 e. The molecule has 1 aromatic rings. The predicted octanol–water partition coefficient (Wildman–Crippen LogP) is 0.786. The van der Waals surface area contributed by atoms with E-state index in [0.29, 0.717) is 0 Å². The third kappa shape index (κ3) is 3.28. The molecule has 1 heterocycles. The Morgan fingerprint density at radius 1 is 1.48 bits per heavy atom. The first-order valence-corrected chi connectivity index (χ1v) is 7.70. The lowest BCUT2D eigenvalue weighted by Gasteiger charge is -2.18. The van der Waals surface area contributed by atoms with Crippen molar-refractivity contribution in [3.8, 4) is 0 Å². The van der Waals surface area contributed by atoms with Crippen molar-refractivity contribution in [3.05, 3.63) is 33.9 Å². The van der Waals surface area contributed by atoms with Crippen molar-refractivity contribution in [2.75, 3.05) is 18.6 Å². The molecule has 1 aliphatic heterocycles. The number of halogens is 1. The second-order valence-corrected chi connectivity index (χ2v) is 6.37. The molecule has 0 bridgehead atoms. The van der Waals surface area contributed by atoms with E-state index in [2.05, 4.69) is 4.74 Å². The number of anilines is 1. The van der Waals surface area contributed by atoms with Crippen LogP contribution in [0.15, 0.2) is 18.2 Å². The van der Waals surface area contributed by atoms with Crippen LogP contribution in [0.5, 0.6) is 0 Å². The molecular weight excluding hydrogens is 335 g/mol. The van der Waals surface area contributed by atoms with Crippen molar-refractivity contribution >= 4 is 33.5 Å². The van der Waals surface area contributed by atoms with Crippen LogP contribution in [0, 0.1) is 10.1 Å². The SMILES string of the molecule is COC(=O)c1ccc([N+](=O)[O-])cc1N1CC(S(=O)(=O)F)CC1=O. The molecule has 1 aromatic carbocycles. The zero-order valence-corrected chi connectivity index (χ0v) is 12.6. The number of nitro benzene ring substituents is 1. The van der Waals surface area contributed by atoms with Gasteiger partial charge in [-0.15, -0.1) is 3.89 Å². The number of esters is 1. The van der Waals surface area contributed by atoms with Crippen molar-refractivity contribution in [2.24, 2.45) is 0 Å². The number of benzene rings is 1. The Balaban J connectivity index is 2.52. The number of non-ortho nitro benzene ring substituents is 1. The maximum absolute atomic E-state index is 13.1. The third-order valence-corrected chi connectivity index (χ3v) is 4.49. The molecule has 11 heteroatoms. The molecule has 1 atom stereocenters. The van der Waals surface area contributed by atoms with Crippen LogP contribution in [0.1, 0.15) is 16.8 Å². The zero-order valence-electron chi connectivity index (χ0n) is 11.8. The van der Waals surface area contributed by atoms with Crippen LogP contribution in [-0.2, 0) is 19.8 Å². The van der Waals surface area contributed by atoms with Gasteiger partial charge in [-0.05, 0) is 6.07 Å². The van der Waals surface area contributed by atoms with Crippen LogP contribution in [0.2, 0.25) is 0 Å². The maximum atomic E-state index is 13.1. The van der Waals surface area contributed by atoms with Gasteiger partial charge in [0.1, 0.15) is 5.25 Å². The van der Waals surface area contributed by atoms with Crippen LogP contribution in [0.25, 0.3) is 0 Å². The fourth-order valence-electron chi connectivity index (χ4n) is 2.24. The van der Waals surface area contributed by atoms with Gasteiger partial charge in [-0.1, -0.05) is 0 Å². The van der Waals surface area contributed by atoms with Gasteiger partial charge >= 0.3 is 16.2 Å². The summed E-state index contributed by atoms with van der Waals surface area (Å²) in [7, 11) is -3.88. The Labute approximate surface area is 130 Å². The number of carbonyl (C=O) groups excluding carboxylic acids is 2. The van der Waals surface area contributed by atoms with Crippen LogP contribution in [0.3, 0.4) is 0 Å². The molecule has 0 radical (unpaired) electrons. The highest BCUT2D eigenvalue weighted by Gasteiger charge is 2.40. The number of methoxy groups -OCH3 is 1. The first-order valence-electron chi connectivity index (χ1n) is 6.25. The summed E-state index contributed by atoms with van der Waals surface area (Å²) in [5, 5.41) is 9.27. The van der Waals surface area contributed by atoms with E-state index in [1.807, 2.05) is 0 Å². The summed E-state index contributed by atoms with van der Waals surface area (Å²) in [6, 6.07) is 3.07. The van der Waals surface area contributed by atoms with E-state index in [-0.39, 0.29) is 11.3 Å². The molecule has 1 fully saturated rings. The number of nitro groups is 1. The molecule has 1 amide bonds. The average molecular weight is 346 g/mol. The van der Waals surface area contributed by atoms with E-state index in [4.69, 9.17) is 0 Å². The monoisotopic (exact) mass is 346 g/mol. The lowest BCUT2D eigenvalue weighted by molar-refractivity contribution is -0.384. The predicted molar refractivity (Wildman–Crippen MR) is 75.2 cm³/mol. The molecule has 0 aliphatic carbocycles. The van der Waals surface area contributed by atoms with Gasteiger partial charge in [0.05, 0.1) is 23.3 Å². The number of amides is 1. The molecule has 1 aliphatic rings. The topological polar surface area (TPSA) is 124 Å². The Bertz CT molecular complexity index is 793. The average Bonchev–Trinajstić information content (AvgIpc) is 2.87. The number of nitrogens with zero attached hydrogens (tertiary/aromatic N) is 2. The molecule has 0 saturated carbocycles. The van der Waals surface area contributed by atoms with Crippen molar-refractivity contribution in [1.82, 2.24) is 0 Å². The fraction of sp³-hybridized carbons (Fsp3) is 0.333. The third-order valence-electron chi connectivity index (χ3n) is 3.38. The molecule has 2 rings (SSSR count). The van der Waals surface area contributed by atoms with Gasteiger partial charge in [-0.25, -0.2) is 4.79 Å². The summed E-state index contributed by atoms with van der Waals surface area (Å²) in [6.45, 7) is -0.539. The summed E-state index contributed by atoms with van der Waals surface area (Å²) >= 11 is 0. The van der Waals surface area contributed by atoms with Gasteiger partial charge in [0.15, 0.2) is 0 Å². The van der Waals surface area contributed by atoms with Gasteiger partial charge in [0.25, 0.3) is 5.69 Å². The molecule has 0 N–H and O–H groups in total. The lowest BCUT2D eigenvalue weighted by atomic mass is 10.1. The van der Waals surface area contributed by atoms with E-state index < -0.39 is 50.9 Å². The maximum Gasteiger partial charge on any atom is 0.339 e. The van der Waals surface area contributed by atoms with Crippen molar-refractivity contribution in [2.45, 2.75) is 11.7 Å². The smallest absolute Gasteiger partial charge is 0.339 e. The highest BCUT2D eigenvalue weighted by atomic mass is 32.3. The van der Waals surface area contributed by atoms with Gasteiger partial charge in [-0.3, -0.25) is 14.9 Å². The highest BCUT2D eigenvalue weighted by molar-refractivity contribution is 7.87. The van der Waals surface area contributed by atoms with Gasteiger partial charge in [0, 0.05) is 25.1 Å². The number of hydrogen-bond donors (Lipinski definition) is 0. The summed E-state index contributed by atoms with van der Waals surface area (Å²) in [5.74, 6) is -1.63. The Morgan fingerprint density at radius 3 is 2.61 bits per heavy atom. The Kier molecular flexibility index (Phi) is 4.32. The molecule has 1 saturated heterocycles. The minimum absolute atomic E-state index is 0.164. The van der Waals surface area contributed by atoms with Crippen LogP contribution < -0.4 is 4.90 Å². The number of carbonyl (C=O) groups is 2. The normalized spacial score (nSPS) is 18.1. The fourth-order valence-corrected chi connectivity index (χ4v) is 2.90. The van der Waals surface area contributed by atoms with Gasteiger partial charge < -0.3 is 9.64 Å². The van der Waals surface area contributed by atoms with Crippen molar-refractivity contribution in [1.29, 1.82) is 0 Å². The van der Waals surface area contributed by atoms with Gasteiger partial charge in [0.2, 0.25) is 5.91 Å². The van der Waals surface area contributed by atoms with E-state index in [0.717, 1.165) is 30.2 Å². The molecule has 1 unspecified atom stereocenters. The standard InChI is InChI=1S/C12H11FN2O7S/c1-22-12(17)9-3-2-7(15(18)19)4-10(9)14-6-8(5-11(14)16)23(13,20)21/h2-4,8H,5-6H2,1H3. The van der Waals surface area contributed by atoms with E-state index >= 15 is 0 Å². The number of ether oxygens (including phenoxy) is 1. The molecule has 124 valence electrons. The first kappa shape index (κ1) is 16.8. The number of rotatable bonds is 4. The highest BCUT2D eigenvalue weighted by Crippen LogP contribution is 2.32. The van der Waals surface area contributed by atoms with E-state index in [1.165, 1.54) is 0 Å². The van der Waals surface area contributed by atoms with Crippen molar-refractivity contribution in [3.63, 3.8) is 0 Å². The summed E-state index contributed by atoms with van der Waals surface area (Å²) < 4.78 is 39.5. The minimum atomic E-state index is -4.95. The summed E-state index contributed by atoms with van der Waals surface area (Å²) in [6.07, 6.45) is -0.609. The van der Waals surface area contributed by atoms with Crippen molar-refractivity contribution < 1.29 is 31.6 Å². The summed E-state index contributed by atoms with van der Waals surface area (Å²) in [4.78, 5) is 34.6. The molecule has 9 nitrogen and oxygen atoms in total. The molecular formula is C12H11FN2O7S. The van der Waals surface area contributed by atoms with Crippen LogP contribution in [0.4, 0.5) is 15.3 Å². The van der Waals surface area contributed by atoms with E-state index in [1.54, 1.807) is 0 Å². The van der Waals surface area contributed by atoms with Crippen LogP contribution >= 0.6 is 0 Å². The van der Waals surface area contributed by atoms with Crippen LogP contribution in [-0.4, -0.2) is 44.1 Å². The first-order chi connectivity index (χ1) is 10.6. The molecule has 0 aromatic heterocycles. The lowest BCUT2D eigenvalue weighted by Crippen LogP contribution is -2.28. The van der Waals surface area contributed by atoms with Gasteiger partial charge in [-0.2, -0.15) is 8.42 Å². The quantitative estimate of drug-likeness (QED) is 0.341. The molecule has 0 spiro atoms. The number of hydrogen-bond acceptors (Lipinski definition) is 7. The second-order valence-electron chi connectivity index (χ2n) is 4.76. The van der Waals surface area contributed by atoms with E-state index in [9.17, 15) is 32.0 Å². The Morgan fingerprint density at radius 2 is 2.13 bits per heavy atom. The zero-order chi connectivity index (χ0) is 17.4.